The number of fused-ring (bicyclic) bond motifs is 1. The van der Waals surface area contributed by atoms with Crippen LogP contribution in [0.1, 0.15) is 77.2 Å². The normalized spacial score (nSPS) is 13.7. The highest BCUT2D eigenvalue weighted by Gasteiger charge is 2.42. The summed E-state index contributed by atoms with van der Waals surface area (Å²) in [4.78, 5) is 12.5. The molecule has 0 N–H and O–H groups in total. The monoisotopic (exact) mass is 438 g/mol. The van der Waals surface area contributed by atoms with Crippen LogP contribution in [0.3, 0.4) is 0 Å². The van der Waals surface area contributed by atoms with Crippen LogP contribution in [-0.2, 0) is 9.53 Å². The first-order valence-corrected chi connectivity index (χ1v) is 11.2. The van der Waals surface area contributed by atoms with Gasteiger partial charge in [0, 0.05) is 0 Å². The maximum atomic E-state index is 13.3. The highest BCUT2D eigenvalue weighted by atomic mass is 19.4. The van der Waals surface area contributed by atoms with Gasteiger partial charge in [0.25, 0.3) is 0 Å². The highest BCUT2D eigenvalue weighted by Crippen LogP contribution is 2.30. The Morgan fingerprint density at radius 2 is 1.61 bits per heavy atom. The Labute approximate surface area is 182 Å². The molecule has 2 aromatic rings. The van der Waals surface area contributed by atoms with Gasteiger partial charge in [-0.25, -0.2) is 0 Å². The minimum absolute atomic E-state index is 0.194. The number of unbranched alkanes of at least 4 members (excludes halogenated alkanes) is 4. The quantitative estimate of drug-likeness (QED) is 0.253. The van der Waals surface area contributed by atoms with E-state index in [1.807, 2.05) is 37.3 Å². The number of halogens is 3. The van der Waals surface area contributed by atoms with Gasteiger partial charge in [0.2, 0.25) is 0 Å². The van der Waals surface area contributed by atoms with Crippen LogP contribution in [0, 0.1) is 0 Å². The number of alkyl halides is 3. The second kappa shape index (κ2) is 12.0. The first-order valence-electron chi connectivity index (χ1n) is 11.2. The minimum atomic E-state index is -4.56. The summed E-state index contributed by atoms with van der Waals surface area (Å²) >= 11 is 0. The fourth-order valence-electron chi connectivity index (χ4n) is 3.36. The van der Waals surface area contributed by atoms with Crippen molar-refractivity contribution in [1.82, 2.24) is 0 Å². The SMILES string of the molecule is CCCCCC[C@H](OC(=O)[C@@H](C)c1ccc2cc(OCCCC)ccc2c1)C(F)(F)F. The van der Waals surface area contributed by atoms with E-state index in [9.17, 15) is 18.0 Å². The van der Waals surface area contributed by atoms with Crippen LogP contribution in [0.4, 0.5) is 13.2 Å². The molecule has 2 atom stereocenters. The zero-order valence-electron chi connectivity index (χ0n) is 18.6. The van der Waals surface area contributed by atoms with Gasteiger partial charge in [0.05, 0.1) is 12.5 Å². The molecule has 0 heterocycles. The van der Waals surface area contributed by atoms with Gasteiger partial charge in [0.1, 0.15) is 5.75 Å². The van der Waals surface area contributed by atoms with Crippen LogP contribution in [0.15, 0.2) is 36.4 Å². The van der Waals surface area contributed by atoms with Gasteiger partial charge < -0.3 is 9.47 Å². The van der Waals surface area contributed by atoms with Crippen molar-refractivity contribution in [2.24, 2.45) is 0 Å². The van der Waals surface area contributed by atoms with Crippen LogP contribution in [0.2, 0.25) is 0 Å². The summed E-state index contributed by atoms with van der Waals surface area (Å²) in [6.45, 7) is 6.33. The van der Waals surface area contributed by atoms with Gasteiger partial charge in [-0.15, -0.1) is 0 Å². The Hall–Kier alpha value is -2.24. The fraction of sp³-hybridized carbons (Fsp3) is 0.560. The number of hydrogen-bond acceptors (Lipinski definition) is 3. The van der Waals surface area contributed by atoms with Crippen LogP contribution >= 0.6 is 0 Å². The predicted octanol–water partition coefficient (Wildman–Crippen LogP) is 7.57. The first kappa shape index (κ1) is 25.0. The number of ether oxygens (including phenoxy) is 2. The molecule has 0 spiro atoms. The Bertz CT molecular complexity index is 832. The van der Waals surface area contributed by atoms with Crippen LogP contribution in [0.5, 0.6) is 5.75 Å². The third-order valence-electron chi connectivity index (χ3n) is 5.40. The molecule has 0 amide bonds. The molecular weight excluding hydrogens is 405 g/mol. The molecule has 31 heavy (non-hydrogen) atoms. The topological polar surface area (TPSA) is 35.5 Å². The molecule has 0 aromatic heterocycles. The lowest BCUT2D eigenvalue weighted by molar-refractivity contribution is -0.223. The molecule has 0 radical (unpaired) electrons. The third-order valence-corrected chi connectivity index (χ3v) is 5.40. The first-order chi connectivity index (χ1) is 14.8. The van der Waals surface area contributed by atoms with Crippen molar-refractivity contribution in [3.8, 4) is 5.75 Å². The maximum Gasteiger partial charge on any atom is 0.425 e. The van der Waals surface area contributed by atoms with Gasteiger partial charge in [-0.2, -0.15) is 13.2 Å². The summed E-state index contributed by atoms with van der Waals surface area (Å²) in [6, 6.07) is 11.1. The van der Waals surface area contributed by atoms with Crippen LogP contribution in [-0.4, -0.2) is 24.9 Å². The van der Waals surface area contributed by atoms with Gasteiger partial charge in [-0.05, 0) is 54.7 Å². The van der Waals surface area contributed by atoms with Crippen molar-refractivity contribution in [2.75, 3.05) is 6.61 Å². The minimum Gasteiger partial charge on any atom is -0.494 e. The molecule has 2 aromatic carbocycles. The standard InChI is InChI=1S/C25H33F3O3/c1-4-6-8-9-10-23(25(26,27)28)31-24(29)18(3)19-11-12-21-17-22(30-15-7-5-2)14-13-20(21)16-19/h11-14,16-18,23H,4-10,15H2,1-3H3/t18-,23-/m0/s1. The summed E-state index contributed by atoms with van der Waals surface area (Å²) < 4.78 is 50.6. The lowest BCUT2D eigenvalue weighted by Gasteiger charge is -2.23. The zero-order chi connectivity index (χ0) is 22.9. The molecular formula is C25H33F3O3. The van der Waals surface area contributed by atoms with Crippen molar-refractivity contribution >= 4 is 16.7 Å². The van der Waals surface area contributed by atoms with Gasteiger partial charge in [0.15, 0.2) is 6.10 Å². The van der Waals surface area contributed by atoms with Crippen molar-refractivity contribution in [3.05, 3.63) is 42.0 Å². The molecule has 0 fully saturated rings. The summed E-state index contributed by atoms with van der Waals surface area (Å²) in [5.41, 5.74) is 0.629. The lowest BCUT2D eigenvalue weighted by Crippen LogP contribution is -2.35. The molecule has 3 nitrogen and oxygen atoms in total. The van der Waals surface area contributed by atoms with Gasteiger partial charge in [-0.1, -0.05) is 63.8 Å². The van der Waals surface area contributed by atoms with Crippen molar-refractivity contribution < 1.29 is 27.4 Å². The van der Waals surface area contributed by atoms with E-state index in [1.165, 1.54) is 0 Å². The van der Waals surface area contributed by atoms with Gasteiger partial charge in [-0.3, -0.25) is 4.79 Å². The molecule has 0 saturated carbocycles. The number of hydrogen-bond donors (Lipinski definition) is 0. The average molecular weight is 439 g/mol. The maximum absolute atomic E-state index is 13.3. The Morgan fingerprint density at radius 3 is 2.29 bits per heavy atom. The fourth-order valence-corrected chi connectivity index (χ4v) is 3.36. The van der Waals surface area contributed by atoms with Crippen molar-refractivity contribution in [3.63, 3.8) is 0 Å². The Morgan fingerprint density at radius 1 is 0.935 bits per heavy atom. The van der Waals surface area contributed by atoms with E-state index < -0.39 is 24.2 Å². The van der Waals surface area contributed by atoms with E-state index in [4.69, 9.17) is 9.47 Å². The number of rotatable bonds is 12. The Kier molecular flexibility index (Phi) is 9.66. The third kappa shape index (κ3) is 7.75. The second-order valence-electron chi connectivity index (χ2n) is 8.01. The van der Waals surface area contributed by atoms with E-state index in [0.29, 0.717) is 25.0 Å². The lowest BCUT2D eigenvalue weighted by atomic mass is 9.97. The second-order valence-corrected chi connectivity index (χ2v) is 8.01. The summed E-state index contributed by atoms with van der Waals surface area (Å²) in [7, 11) is 0. The molecule has 0 aliphatic carbocycles. The molecule has 2 rings (SSSR count). The zero-order valence-corrected chi connectivity index (χ0v) is 18.6. The number of carbonyl (C=O) groups is 1. The summed E-state index contributed by atoms with van der Waals surface area (Å²) in [5, 5.41) is 1.84. The smallest absolute Gasteiger partial charge is 0.425 e. The molecule has 0 unspecified atom stereocenters. The number of benzene rings is 2. The van der Waals surface area contributed by atoms with E-state index in [1.54, 1.807) is 13.0 Å². The van der Waals surface area contributed by atoms with E-state index >= 15 is 0 Å². The molecule has 0 aliphatic heterocycles. The van der Waals surface area contributed by atoms with Crippen LogP contribution < -0.4 is 4.74 Å². The highest BCUT2D eigenvalue weighted by molar-refractivity contribution is 5.86. The van der Waals surface area contributed by atoms with E-state index in [0.717, 1.165) is 42.2 Å². The number of carbonyl (C=O) groups excluding carboxylic acids is 1. The van der Waals surface area contributed by atoms with Crippen molar-refractivity contribution in [2.45, 2.75) is 83.9 Å². The average Bonchev–Trinajstić information content (AvgIpc) is 2.74. The predicted molar refractivity (Wildman–Crippen MR) is 117 cm³/mol. The molecule has 172 valence electrons. The molecule has 6 heteroatoms. The van der Waals surface area contributed by atoms with Crippen molar-refractivity contribution in [1.29, 1.82) is 0 Å². The summed E-state index contributed by atoms with van der Waals surface area (Å²) in [5.74, 6) is -0.862. The van der Waals surface area contributed by atoms with E-state index in [2.05, 4.69) is 6.92 Å². The molecule has 0 saturated heterocycles. The number of esters is 1. The van der Waals surface area contributed by atoms with E-state index in [-0.39, 0.29) is 6.42 Å². The Balaban J connectivity index is 2.06. The molecule has 0 bridgehead atoms. The largest absolute Gasteiger partial charge is 0.494 e. The van der Waals surface area contributed by atoms with Gasteiger partial charge >= 0.3 is 12.1 Å². The summed E-state index contributed by atoms with van der Waals surface area (Å²) in [6.07, 6.45) is -1.88. The molecule has 0 aliphatic rings. The van der Waals surface area contributed by atoms with Crippen LogP contribution in [0.25, 0.3) is 10.8 Å².